The molecule has 3 aromatic rings. The smallest absolute Gasteiger partial charge is 0.543 e. The molecule has 1 N–H and O–H groups in total. The molecule has 0 spiro atoms. The Morgan fingerprint density at radius 1 is 1.18 bits per heavy atom. The van der Waals surface area contributed by atoms with E-state index < -0.39 is 35.6 Å². The Morgan fingerprint density at radius 2 is 1.88 bits per heavy atom. The van der Waals surface area contributed by atoms with Crippen LogP contribution in [0.2, 0.25) is 0 Å². The minimum atomic E-state index is -1.46. The average Bonchev–Trinajstić information content (AvgIpc) is 3.00. The molecule has 3 unspecified atom stereocenters. The summed E-state index contributed by atoms with van der Waals surface area (Å²) in [6.07, 6.45) is -0.891. The van der Waals surface area contributed by atoms with Crippen LogP contribution in [0, 0.1) is 11.8 Å². The van der Waals surface area contributed by atoms with E-state index in [1.165, 1.54) is 11.8 Å². The predicted molar refractivity (Wildman–Crippen MR) is 112 cm³/mol. The van der Waals surface area contributed by atoms with Crippen LogP contribution in [0.1, 0.15) is 13.8 Å². The maximum Gasteiger partial charge on any atom is 1.00 e. The van der Waals surface area contributed by atoms with Crippen LogP contribution in [0.3, 0.4) is 0 Å². The summed E-state index contributed by atoms with van der Waals surface area (Å²) in [5.74, 6) is -2.49. The molecule has 5 rings (SSSR count). The van der Waals surface area contributed by atoms with E-state index in [1.807, 2.05) is 12.1 Å². The van der Waals surface area contributed by atoms with Crippen LogP contribution < -0.4 is 45.0 Å². The number of carbonyl (C=O) groups excluding carboxylic acids is 2. The van der Waals surface area contributed by atoms with Crippen molar-refractivity contribution in [3.8, 4) is 5.75 Å². The second kappa shape index (κ2) is 8.61. The molecule has 8 nitrogen and oxygen atoms in total. The third-order valence-electron chi connectivity index (χ3n) is 6.50. The van der Waals surface area contributed by atoms with Gasteiger partial charge in [-0.1, -0.05) is 31.2 Å². The first-order valence-electron chi connectivity index (χ1n) is 10.3. The van der Waals surface area contributed by atoms with Gasteiger partial charge in [-0.3, -0.25) is 4.79 Å². The third kappa shape index (κ3) is 3.49. The molecule has 9 heteroatoms. The molecule has 1 saturated heterocycles. The van der Waals surface area contributed by atoms with Gasteiger partial charge in [0.1, 0.15) is 17.9 Å². The fourth-order valence-electron chi connectivity index (χ4n) is 5.00. The minimum absolute atomic E-state index is 0. The number of carboxylic acids is 1. The van der Waals surface area contributed by atoms with E-state index in [2.05, 4.69) is 0 Å². The van der Waals surface area contributed by atoms with E-state index in [9.17, 15) is 24.6 Å². The van der Waals surface area contributed by atoms with E-state index in [-0.39, 0.29) is 47.8 Å². The van der Waals surface area contributed by atoms with Crippen LogP contribution >= 0.6 is 0 Å². The van der Waals surface area contributed by atoms with Gasteiger partial charge in [-0.05, 0) is 30.7 Å². The van der Waals surface area contributed by atoms with Gasteiger partial charge in [-0.15, -0.1) is 0 Å². The summed E-state index contributed by atoms with van der Waals surface area (Å²) in [6, 6.07) is 11.6. The van der Waals surface area contributed by atoms with E-state index in [0.717, 1.165) is 0 Å². The fraction of sp³-hybridized carbons (Fsp3) is 0.292. The molecule has 1 aromatic heterocycles. The standard InChI is InChI=1S/C24H21NO7.Na/c1-11-15(21(23(28)29)25-20(11)18(12(2)26)22(25)27)10-31-17-9-5-7-14-19(17)13-6-3-4-8-16(13)32-24(14)30;/h3-9,11-12,18,20,26H,10H2,1-2H3,(H,28,29);/q;+1/p-1/t11-,12?,18?,20?;/m0./s1. The number of carboxylic acid groups (broad SMARTS) is 1. The number of aliphatic hydroxyl groups is 1. The number of fused-ring (bicyclic) bond motifs is 4. The van der Waals surface area contributed by atoms with Crippen molar-refractivity contribution in [2.24, 2.45) is 11.8 Å². The Morgan fingerprint density at radius 3 is 2.58 bits per heavy atom. The normalized spacial score (nSPS) is 22.7. The molecular weight excluding hydrogens is 437 g/mol. The average molecular weight is 457 g/mol. The molecule has 3 heterocycles. The Labute approximate surface area is 210 Å². The number of benzene rings is 2. The second-order valence-electron chi connectivity index (χ2n) is 8.27. The fourth-order valence-corrected chi connectivity index (χ4v) is 5.00. The molecule has 33 heavy (non-hydrogen) atoms. The van der Waals surface area contributed by atoms with Gasteiger partial charge in [-0.2, -0.15) is 0 Å². The van der Waals surface area contributed by atoms with Gasteiger partial charge in [0.15, 0.2) is 0 Å². The van der Waals surface area contributed by atoms with Crippen LogP contribution in [-0.4, -0.2) is 40.6 Å². The molecule has 4 atom stereocenters. The molecular formula is C24H20NNaO7. The van der Waals surface area contributed by atoms with Crippen molar-refractivity contribution in [1.29, 1.82) is 0 Å². The van der Waals surface area contributed by atoms with Gasteiger partial charge in [0.2, 0.25) is 5.91 Å². The number of β-lactam (4-membered cyclic amide) rings is 1. The number of aliphatic carboxylic acids is 1. The van der Waals surface area contributed by atoms with E-state index >= 15 is 0 Å². The Hall–Kier alpha value is -2.65. The molecule has 0 bridgehead atoms. The maximum atomic E-state index is 12.5. The topological polar surface area (TPSA) is 120 Å². The number of carbonyl (C=O) groups is 2. The van der Waals surface area contributed by atoms with E-state index in [4.69, 9.17) is 9.15 Å². The molecule has 1 fully saturated rings. The van der Waals surface area contributed by atoms with Crippen molar-refractivity contribution < 1.29 is 58.5 Å². The van der Waals surface area contributed by atoms with Gasteiger partial charge in [0.25, 0.3) is 0 Å². The van der Waals surface area contributed by atoms with Gasteiger partial charge >= 0.3 is 35.2 Å². The van der Waals surface area contributed by atoms with Crippen LogP contribution in [0.25, 0.3) is 21.7 Å². The monoisotopic (exact) mass is 457 g/mol. The summed E-state index contributed by atoms with van der Waals surface area (Å²) in [5.41, 5.74) is 0.131. The van der Waals surface area contributed by atoms with Gasteiger partial charge < -0.3 is 29.1 Å². The molecule has 0 aliphatic carbocycles. The molecule has 0 saturated carbocycles. The summed E-state index contributed by atoms with van der Waals surface area (Å²) < 4.78 is 11.4. The number of aliphatic hydroxyl groups excluding tert-OH is 1. The van der Waals surface area contributed by atoms with E-state index in [1.54, 1.807) is 37.3 Å². The zero-order valence-electron chi connectivity index (χ0n) is 18.4. The Kier molecular flexibility index (Phi) is 6.13. The van der Waals surface area contributed by atoms with Crippen LogP contribution in [0.4, 0.5) is 0 Å². The van der Waals surface area contributed by atoms with Crippen LogP contribution in [0.5, 0.6) is 5.75 Å². The Bertz CT molecular complexity index is 1380. The molecule has 164 valence electrons. The van der Waals surface area contributed by atoms with Crippen molar-refractivity contribution in [2.75, 3.05) is 6.61 Å². The number of hydrogen-bond donors (Lipinski definition) is 1. The summed E-state index contributed by atoms with van der Waals surface area (Å²) in [6.45, 7) is 3.22. The van der Waals surface area contributed by atoms with E-state index in [0.29, 0.717) is 33.1 Å². The first kappa shape index (κ1) is 23.5. The number of nitrogens with zero attached hydrogens (tertiary/aromatic N) is 1. The SMILES string of the molecule is CC(O)C1C(=O)N2C(C(=O)[O-])=C(COc3cccc4c(=O)oc5ccccc5c34)[C@H](C)C12.[Na+]. The van der Waals surface area contributed by atoms with Crippen LogP contribution in [0.15, 0.2) is 62.9 Å². The molecule has 0 radical (unpaired) electrons. The number of ether oxygens (including phenoxy) is 1. The summed E-state index contributed by atoms with van der Waals surface area (Å²) in [7, 11) is 0. The number of rotatable bonds is 5. The van der Waals surface area contributed by atoms with Crippen molar-refractivity contribution in [3.05, 3.63) is 64.2 Å². The van der Waals surface area contributed by atoms with Gasteiger partial charge in [-0.25, -0.2) is 4.79 Å². The molecule has 2 aliphatic heterocycles. The zero-order valence-corrected chi connectivity index (χ0v) is 20.4. The summed E-state index contributed by atoms with van der Waals surface area (Å²) in [5, 5.41) is 23.5. The van der Waals surface area contributed by atoms with Crippen molar-refractivity contribution >= 4 is 33.6 Å². The molecule has 2 aromatic carbocycles. The first-order valence-corrected chi connectivity index (χ1v) is 10.3. The number of amides is 1. The Balaban J connectivity index is 0.00000259. The van der Waals surface area contributed by atoms with Gasteiger partial charge in [0.05, 0.1) is 35.1 Å². The number of hydrogen-bond acceptors (Lipinski definition) is 7. The van der Waals surface area contributed by atoms with Crippen molar-refractivity contribution in [2.45, 2.75) is 26.0 Å². The maximum absolute atomic E-state index is 12.5. The molecule has 1 amide bonds. The third-order valence-corrected chi connectivity index (χ3v) is 6.50. The molecule has 2 aliphatic rings. The first-order chi connectivity index (χ1) is 15.3. The minimum Gasteiger partial charge on any atom is -0.543 e. The largest absolute Gasteiger partial charge is 1.00 e. The summed E-state index contributed by atoms with van der Waals surface area (Å²) >= 11 is 0. The van der Waals surface area contributed by atoms with Crippen LogP contribution in [-0.2, 0) is 9.59 Å². The summed E-state index contributed by atoms with van der Waals surface area (Å²) in [4.78, 5) is 38.0. The number of para-hydroxylation sites is 1. The van der Waals surface area contributed by atoms with Crippen molar-refractivity contribution in [1.82, 2.24) is 4.90 Å². The zero-order chi connectivity index (χ0) is 22.7. The second-order valence-corrected chi connectivity index (χ2v) is 8.27. The predicted octanol–water partition coefficient (Wildman–Crippen LogP) is -1.81. The van der Waals surface area contributed by atoms with Crippen molar-refractivity contribution in [3.63, 3.8) is 0 Å². The van der Waals surface area contributed by atoms with Gasteiger partial charge in [0, 0.05) is 16.7 Å². The quantitative estimate of drug-likeness (QED) is 0.208.